The van der Waals surface area contributed by atoms with E-state index in [2.05, 4.69) is 17.5 Å². The van der Waals surface area contributed by atoms with Crippen LogP contribution in [0.1, 0.15) is 31.1 Å². The fourth-order valence-electron chi connectivity index (χ4n) is 2.14. The van der Waals surface area contributed by atoms with Gasteiger partial charge in [0.1, 0.15) is 11.9 Å². The maximum atomic E-state index is 12.0. The summed E-state index contributed by atoms with van der Waals surface area (Å²) in [7, 11) is 1.61. The number of furan rings is 1. The molecule has 2 unspecified atom stereocenters. The number of allylic oxidation sites excluding steroid dienone is 2. The third-order valence-corrected chi connectivity index (χ3v) is 3.25. The van der Waals surface area contributed by atoms with Gasteiger partial charge in [0.2, 0.25) is 5.91 Å². The van der Waals surface area contributed by atoms with E-state index in [0.717, 1.165) is 25.0 Å². The van der Waals surface area contributed by atoms with E-state index in [1.54, 1.807) is 13.4 Å². The summed E-state index contributed by atoms with van der Waals surface area (Å²) < 4.78 is 10.6. The zero-order chi connectivity index (χ0) is 12.8. The maximum Gasteiger partial charge on any atom is 0.223 e. The Labute approximate surface area is 107 Å². The maximum absolute atomic E-state index is 12.0. The van der Waals surface area contributed by atoms with Gasteiger partial charge in [-0.15, -0.1) is 0 Å². The highest BCUT2D eigenvalue weighted by molar-refractivity contribution is 5.79. The Kier molecular flexibility index (Phi) is 4.59. The molecule has 1 heterocycles. The van der Waals surface area contributed by atoms with E-state index in [0.29, 0.717) is 6.54 Å². The summed E-state index contributed by atoms with van der Waals surface area (Å²) in [6.45, 7) is 0.447. The van der Waals surface area contributed by atoms with Crippen molar-refractivity contribution in [3.8, 4) is 0 Å². The van der Waals surface area contributed by atoms with Crippen LogP contribution in [0.4, 0.5) is 0 Å². The van der Waals surface area contributed by atoms with Crippen LogP contribution in [0.25, 0.3) is 0 Å². The lowest BCUT2D eigenvalue weighted by molar-refractivity contribution is -0.125. The number of carbonyl (C=O) groups excluding carboxylic acids is 1. The van der Waals surface area contributed by atoms with Gasteiger partial charge < -0.3 is 14.5 Å². The van der Waals surface area contributed by atoms with Crippen LogP contribution >= 0.6 is 0 Å². The van der Waals surface area contributed by atoms with Crippen LogP contribution in [0.2, 0.25) is 0 Å². The van der Waals surface area contributed by atoms with Gasteiger partial charge >= 0.3 is 0 Å². The highest BCUT2D eigenvalue weighted by atomic mass is 16.5. The summed E-state index contributed by atoms with van der Waals surface area (Å²) in [4.78, 5) is 12.0. The Morgan fingerprint density at radius 3 is 3.11 bits per heavy atom. The number of hydrogen-bond acceptors (Lipinski definition) is 3. The summed E-state index contributed by atoms with van der Waals surface area (Å²) in [5.41, 5.74) is 0. The minimum Gasteiger partial charge on any atom is -0.467 e. The molecule has 18 heavy (non-hydrogen) atoms. The summed E-state index contributed by atoms with van der Waals surface area (Å²) >= 11 is 0. The van der Waals surface area contributed by atoms with E-state index in [-0.39, 0.29) is 17.9 Å². The Bertz CT molecular complexity index is 397. The van der Waals surface area contributed by atoms with E-state index in [1.165, 1.54) is 0 Å². The van der Waals surface area contributed by atoms with E-state index < -0.39 is 0 Å². The van der Waals surface area contributed by atoms with Gasteiger partial charge in [0, 0.05) is 13.0 Å². The molecule has 0 fully saturated rings. The standard InChI is InChI=1S/C14H19NO3/c1-17-13(12-8-5-9-18-12)10-15-14(16)11-6-3-2-4-7-11/h2-3,5,8-9,11,13H,4,6-7,10H2,1H3,(H,15,16). The van der Waals surface area contributed by atoms with Crippen LogP contribution < -0.4 is 5.32 Å². The molecule has 4 nitrogen and oxygen atoms in total. The van der Waals surface area contributed by atoms with Gasteiger partial charge in [-0.25, -0.2) is 0 Å². The van der Waals surface area contributed by atoms with Crippen molar-refractivity contribution in [3.05, 3.63) is 36.3 Å². The van der Waals surface area contributed by atoms with Crippen molar-refractivity contribution in [1.82, 2.24) is 5.32 Å². The Morgan fingerprint density at radius 1 is 1.61 bits per heavy atom. The highest BCUT2D eigenvalue weighted by Gasteiger charge is 2.20. The van der Waals surface area contributed by atoms with E-state index >= 15 is 0 Å². The zero-order valence-corrected chi connectivity index (χ0v) is 10.6. The Balaban J connectivity index is 1.82. The number of carbonyl (C=O) groups is 1. The molecule has 1 aromatic heterocycles. The molecule has 0 aromatic carbocycles. The second-order valence-corrected chi connectivity index (χ2v) is 4.47. The van der Waals surface area contributed by atoms with Gasteiger partial charge in [-0.2, -0.15) is 0 Å². The van der Waals surface area contributed by atoms with Crippen LogP contribution in [0.5, 0.6) is 0 Å². The molecule has 1 amide bonds. The van der Waals surface area contributed by atoms with Crippen LogP contribution in [0, 0.1) is 5.92 Å². The van der Waals surface area contributed by atoms with E-state index in [9.17, 15) is 4.79 Å². The average Bonchev–Trinajstić information content (AvgIpc) is 2.94. The van der Waals surface area contributed by atoms with Gasteiger partial charge in [0.05, 0.1) is 12.8 Å². The number of amides is 1. The third kappa shape index (κ3) is 3.23. The number of hydrogen-bond donors (Lipinski definition) is 1. The second kappa shape index (κ2) is 6.40. The van der Waals surface area contributed by atoms with Crippen LogP contribution in [0.15, 0.2) is 35.0 Å². The highest BCUT2D eigenvalue weighted by Crippen LogP contribution is 2.19. The summed E-state index contributed by atoms with van der Waals surface area (Å²) in [6, 6.07) is 3.67. The van der Waals surface area contributed by atoms with Crippen molar-refractivity contribution < 1.29 is 13.9 Å². The molecule has 2 rings (SSSR count). The van der Waals surface area contributed by atoms with Crippen molar-refractivity contribution in [2.24, 2.45) is 5.92 Å². The van der Waals surface area contributed by atoms with Crippen molar-refractivity contribution >= 4 is 5.91 Å². The van der Waals surface area contributed by atoms with Gasteiger partial charge in [-0.1, -0.05) is 12.2 Å². The number of rotatable bonds is 5. The van der Waals surface area contributed by atoms with Crippen molar-refractivity contribution in [2.45, 2.75) is 25.4 Å². The van der Waals surface area contributed by atoms with Crippen molar-refractivity contribution in [1.29, 1.82) is 0 Å². The molecule has 0 saturated heterocycles. The van der Waals surface area contributed by atoms with E-state index in [1.807, 2.05) is 12.1 Å². The zero-order valence-electron chi connectivity index (χ0n) is 10.6. The quantitative estimate of drug-likeness (QED) is 0.815. The van der Waals surface area contributed by atoms with Gasteiger partial charge in [0.15, 0.2) is 0 Å². The Hall–Kier alpha value is -1.55. The molecule has 0 spiro atoms. The largest absolute Gasteiger partial charge is 0.467 e. The van der Waals surface area contributed by atoms with Crippen molar-refractivity contribution in [2.75, 3.05) is 13.7 Å². The average molecular weight is 249 g/mol. The number of methoxy groups -OCH3 is 1. The van der Waals surface area contributed by atoms with Gasteiger partial charge in [-0.05, 0) is 31.4 Å². The topological polar surface area (TPSA) is 51.5 Å². The molecule has 4 heteroatoms. The number of ether oxygens (including phenoxy) is 1. The fraction of sp³-hybridized carbons (Fsp3) is 0.500. The lowest BCUT2D eigenvalue weighted by Crippen LogP contribution is -2.34. The van der Waals surface area contributed by atoms with Gasteiger partial charge in [-0.3, -0.25) is 4.79 Å². The van der Waals surface area contributed by atoms with Gasteiger partial charge in [0.25, 0.3) is 0 Å². The summed E-state index contributed by atoms with van der Waals surface area (Å²) in [5.74, 6) is 0.943. The first kappa shape index (κ1) is 12.9. The molecular formula is C14H19NO3. The minimum absolute atomic E-state index is 0.101. The third-order valence-electron chi connectivity index (χ3n) is 3.25. The molecule has 1 N–H and O–H groups in total. The smallest absolute Gasteiger partial charge is 0.223 e. The molecule has 2 atom stereocenters. The van der Waals surface area contributed by atoms with Crippen LogP contribution in [0.3, 0.4) is 0 Å². The van der Waals surface area contributed by atoms with E-state index in [4.69, 9.17) is 9.15 Å². The SMILES string of the molecule is COC(CNC(=O)C1CC=CCC1)c1ccco1. The molecule has 0 radical (unpaired) electrons. The lowest BCUT2D eigenvalue weighted by Gasteiger charge is -2.19. The normalized spacial score (nSPS) is 20.6. The predicted molar refractivity (Wildman–Crippen MR) is 67.9 cm³/mol. The number of nitrogens with one attached hydrogen (secondary N) is 1. The second-order valence-electron chi connectivity index (χ2n) is 4.47. The molecule has 98 valence electrons. The molecule has 0 aliphatic heterocycles. The molecular weight excluding hydrogens is 230 g/mol. The fourth-order valence-corrected chi connectivity index (χ4v) is 2.14. The summed E-state index contributed by atoms with van der Waals surface area (Å²) in [6.07, 6.45) is 8.35. The molecule has 0 saturated carbocycles. The first-order valence-corrected chi connectivity index (χ1v) is 6.30. The molecule has 1 aromatic rings. The molecule has 0 bridgehead atoms. The summed E-state index contributed by atoms with van der Waals surface area (Å²) in [5, 5.41) is 2.93. The van der Waals surface area contributed by atoms with Crippen LogP contribution in [-0.2, 0) is 9.53 Å². The molecule has 1 aliphatic carbocycles. The predicted octanol–water partition coefficient (Wildman–Crippen LogP) is 2.44. The monoisotopic (exact) mass is 249 g/mol. The Morgan fingerprint density at radius 2 is 2.50 bits per heavy atom. The first-order valence-electron chi connectivity index (χ1n) is 6.30. The lowest BCUT2D eigenvalue weighted by atomic mass is 9.93. The van der Waals surface area contributed by atoms with Crippen molar-refractivity contribution in [3.63, 3.8) is 0 Å². The van der Waals surface area contributed by atoms with Crippen LogP contribution in [-0.4, -0.2) is 19.6 Å². The minimum atomic E-state index is -0.219. The molecule has 1 aliphatic rings. The first-order chi connectivity index (χ1) is 8.81.